The number of hydrogen-bond donors (Lipinski definition) is 1. The van der Waals surface area contributed by atoms with E-state index in [0.29, 0.717) is 17.1 Å². The summed E-state index contributed by atoms with van der Waals surface area (Å²) in [4.78, 5) is 11.0. The molecule has 122 valence electrons. The molecule has 0 aliphatic heterocycles. The monoisotopic (exact) mass is 327 g/mol. The van der Waals surface area contributed by atoms with Gasteiger partial charge in [0.2, 0.25) is 0 Å². The van der Waals surface area contributed by atoms with Gasteiger partial charge in [0.1, 0.15) is 24.1 Å². The van der Waals surface area contributed by atoms with E-state index in [1.54, 1.807) is 36.4 Å². The Morgan fingerprint density at radius 3 is 2.58 bits per heavy atom. The van der Waals surface area contributed by atoms with E-state index >= 15 is 0 Å². The van der Waals surface area contributed by atoms with Crippen LogP contribution < -0.4 is 9.47 Å². The van der Waals surface area contributed by atoms with Crippen molar-refractivity contribution in [1.82, 2.24) is 0 Å². The summed E-state index contributed by atoms with van der Waals surface area (Å²) in [5, 5.41) is 17.9. The molecule has 0 aliphatic rings. The van der Waals surface area contributed by atoms with Gasteiger partial charge < -0.3 is 14.6 Å². The van der Waals surface area contributed by atoms with Crippen LogP contribution in [0.2, 0.25) is 0 Å². The fourth-order valence-corrected chi connectivity index (χ4v) is 2.00. The molecule has 0 aromatic heterocycles. The summed E-state index contributed by atoms with van der Waals surface area (Å²) in [6, 6.07) is 12.3. The average Bonchev–Trinajstić information content (AvgIpc) is 2.59. The number of para-hydroxylation sites is 1. The smallest absolute Gasteiger partial charge is 0.346 e. The molecule has 0 radical (unpaired) electrons. The molecule has 24 heavy (non-hydrogen) atoms. The van der Waals surface area contributed by atoms with E-state index in [2.05, 4.69) is 0 Å². The summed E-state index contributed by atoms with van der Waals surface area (Å²) < 4.78 is 23.9. The number of carbonyl (C=O) groups is 1. The van der Waals surface area contributed by atoms with Gasteiger partial charge in [-0.1, -0.05) is 24.3 Å². The Morgan fingerprint density at radius 2 is 2.00 bits per heavy atom. The molecule has 0 bridgehead atoms. The number of halogens is 1. The molecular weight excluding hydrogens is 313 g/mol. The molecule has 0 saturated heterocycles. The van der Waals surface area contributed by atoms with E-state index in [4.69, 9.17) is 19.8 Å². The van der Waals surface area contributed by atoms with Gasteiger partial charge in [-0.2, -0.15) is 5.26 Å². The standard InChI is InChI=1S/C18H14FNO4/c1-23-16-4-2-3-13(9-14(10-20)18(21)22)17(16)24-11-12-5-7-15(19)8-6-12/h2-9H,11H2,1H3,(H,21,22). The molecule has 1 N–H and O–H groups in total. The minimum Gasteiger partial charge on any atom is -0.493 e. The van der Waals surface area contributed by atoms with Gasteiger partial charge in [-0.15, -0.1) is 0 Å². The van der Waals surface area contributed by atoms with Crippen molar-refractivity contribution >= 4 is 12.0 Å². The number of carboxylic acid groups (broad SMARTS) is 1. The fourth-order valence-electron chi connectivity index (χ4n) is 2.00. The van der Waals surface area contributed by atoms with Crippen LogP contribution in [0.4, 0.5) is 4.39 Å². The first-order valence-electron chi connectivity index (χ1n) is 6.94. The van der Waals surface area contributed by atoms with Crippen molar-refractivity contribution in [3.63, 3.8) is 0 Å². The average molecular weight is 327 g/mol. The van der Waals surface area contributed by atoms with Gasteiger partial charge in [0.15, 0.2) is 11.5 Å². The third-order valence-corrected chi connectivity index (χ3v) is 3.18. The van der Waals surface area contributed by atoms with E-state index in [-0.39, 0.29) is 12.4 Å². The number of rotatable bonds is 6. The summed E-state index contributed by atoms with van der Waals surface area (Å²) in [7, 11) is 1.45. The summed E-state index contributed by atoms with van der Waals surface area (Å²) in [6.45, 7) is 0.135. The predicted molar refractivity (Wildman–Crippen MR) is 85.0 cm³/mol. The molecule has 2 rings (SSSR count). The van der Waals surface area contributed by atoms with Gasteiger partial charge in [-0.25, -0.2) is 9.18 Å². The highest BCUT2D eigenvalue weighted by atomic mass is 19.1. The summed E-state index contributed by atoms with van der Waals surface area (Å²) in [6.07, 6.45) is 1.21. The van der Waals surface area contributed by atoms with Gasteiger partial charge in [0, 0.05) is 5.56 Å². The van der Waals surface area contributed by atoms with Crippen LogP contribution in [-0.2, 0) is 11.4 Å². The Labute approximate surface area is 138 Å². The van der Waals surface area contributed by atoms with Gasteiger partial charge in [-0.3, -0.25) is 0 Å². The Kier molecular flexibility index (Phi) is 5.53. The molecule has 0 amide bonds. The first-order valence-corrected chi connectivity index (χ1v) is 6.94. The third-order valence-electron chi connectivity index (χ3n) is 3.18. The SMILES string of the molecule is COc1cccc(C=C(C#N)C(=O)O)c1OCc1ccc(F)cc1. The second kappa shape index (κ2) is 7.79. The minimum atomic E-state index is -1.33. The molecule has 0 aliphatic carbocycles. The van der Waals surface area contributed by atoms with Crippen molar-refractivity contribution in [3.05, 3.63) is 65.0 Å². The molecule has 6 heteroatoms. The van der Waals surface area contributed by atoms with Crippen molar-refractivity contribution in [1.29, 1.82) is 5.26 Å². The van der Waals surface area contributed by atoms with E-state index in [9.17, 15) is 9.18 Å². The highest BCUT2D eigenvalue weighted by Gasteiger charge is 2.13. The van der Waals surface area contributed by atoms with E-state index in [1.165, 1.54) is 25.3 Å². The maximum Gasteiger partial charge on any atom is 0.346 e. The lowest BCUT2D eigenvalue weighted by molar-refractivity contribution is -0.132. The molecule has 0 spiro atoms. The largest absolute Gasteiger partial charge is 0.493 e. The maximum atomic E-state index is 12.9. The number of carboxylic acids is 1. The molecule has 0 fully saturated rings. The van der Waals surface area contributed by atoms with Gasteiger partial charge >= 0.3 is 5.97 Å². The first kappa shape index (κ1) is 17.0. The van der Waals surface area contributed by atoms with Crippen LogP contribution in [0.5, 0.6) is 11.5 Å². The van der Waals surface area contributed by atoms with Crippen LogP contribution in [0.3, 0.4) is 0 Å². The van der Waals surface area contributed by atoms with Crippen molar-refractivity contribution in [3.8, 4) is 17.6 Å². The first-order chi connectivity index (χ1) is 11.5. The fraction of sp³-hybridized carbons (Fsp3) is 0.111. The molecule has 0 unspecified atom stereocenters. The van der Waals surface area contributed by atoms with E-state index < -0.39 is 11.5 Å². The molecule has 0 heterocycles. The molecule has 0 saturated carbocycles. The summed E-state index contributed by atoms with van der Waals surface area (Å²) in [5.41, 5.74) is 0.710. The van der Waals surface area contributed by atoms with Crippen LogP contribution in [0.25, 0.3) is 6.08 Å². The lowest BCUT2D eigenvalue weighted by Crippen LogP contribution is -2.01. The normalized spacial score (nSPS) is 10.8. The Bertz CT molecular complexity index is 807. The number of nitriles is 1. The number of aliphatic carboxylic acids is 1. The molecule has 5 nitrogen and oxygen atoms in total. The predicted octanol–water partition coefficient (Wildman–Crippen LogP) is 3.40. The van der Waals surface area contributed by atoms with Crippen molar-refractivity contribution < 1.29 is 23.8 Å². The second-order valence-electron chi connectivity index (χ2n) is 4.77. The molecular formula is C18H14FNO4. The lowest BCUT2D eigenvalue weighted by Gasteiger charge is -2.13. The van der Waals surface area contributed by atoms with Crippen LogP contribution >= 0.6 is 0 Å². The topological polar surface area (TPSA) is 79.5 Å². The van der Waals surface area contributed by atoms with Crippen molar-refractivity contribution in [2.45, 2.75) is 6.61 Å². The quantitative estimate of drug-likeness (QED) is 0.650. The van der Waals surface area contributed by atoms with Crippen LogP contribution in [-0.4, -0.2) is 18.2 Å². The van der Waals surface area contributed by atoms with Crippen molar-refractivity contribution in [2.75, 3.05) is 7.11 Å². The second-order valence-corrected chi connectivity index (χ2v) is 4.77. The van der Waals surface area contributed by atoms with Crippen LogP contribution in [0, 0.1) is 17.1 Å². The number of ether oxygens (including phenoxy) is 2. The number of nitrogens with zero attached hydrogens (tertiary/aromatic N) is 1. The summed E-state index contributed by atoms with van der Waals surface area (Å²) >= 11 is 0. The number of hydrogen-bond acceptors (Lipinski definition) is 4. The summed E-state index contributed by atoms with van der Waals surface area (Å²) in [5.74, 6) is -0.976. The van der Waals surface area contributed by atoms with Gasteiger partial charge in [-0.05, 0) is 29.8 Å². The van der Waals surface area contributed by atoms with E-state index in [1.807, 2.05) is 0 Å². The number of methoxy groups -OCH3 is 1. The van der Waals surface area contributed by atoms with E-state index in [0.717, 1.165) is 5.56 Å². The Balaban J connectivity index is 2.35. The number of benzene rings is 2. The van der Waals surface area contributed by atoms with Crippen LogP contribution in [0.15, 0.2) is 48.0 Å². The zero-order chi connectivity index (χ0) is 17.5. The highest BCUT2D eigenvalue weighted by Crippen LogP contribution is 2.33. The molecule has 2 aromatic rings. The zero-order valence-corrected chi connectivity index (χ0v) is 12.8. The van der Waals surface area contributed by atoms with Crippen LogP contribution in [0.1, 0.15) is 11.1 Å². The minimum absolute atomic E-state index is 0.135. The maximum absolute atomic E-state index is 12.9. The molecule has 2 aromatic carbocycles. The van der Waals surface area contributed by atoms with Gasteiger partial charge in [0.25, 0.3) is 0 Å². The Hall–Kier alpha value is -3.33. The lowest BCUT2D eigenvalue weighted by atomic mass is 10.1. The third kappa shape index (κ3) is 4.11. The zero-order valence-electron chi connectivity index (χ0n) is 12.8. The van der Waals surface area contributed by atoms with Crippen molar-refractivity contribution in [2.24, 2.45) is 0 Å². The molecule has 0 atom stereocenters. The Morgan fingerprint density at radius 1 is 1.29 bits per heavy atom. The highest BCUT2D eigenvalue weighted by molar-refractivity contribution is 5.97. The van der Waals surface area contributed by atoms with Gasteiger partial charge in [0.05, 0.1) is 7.11 Å².